The maximum atomic E-state index is 12.3. The minimum atomic E-state index is -0.686. The maximum absolute atomic E-state index is 12.3. The zero-order valence-electron chi connectivity index (χ0n) is 13.7. The molecular formula is C16H26O5S. The largest absolute Gasteiger partial charge is 0.459 e. The molecule has 0 aromatic rings. The summed E-state index contributed by atoms with van der Waals surface area (Å²) in [5, 5.41) is 0. The molecule has 1 aliphatic carbocycles. The first-order chi connectivity index (χ1) is 10.4. The van der Waals surface area contributed by atoms with Gasteiger partial charge in [-0.15, -0.1) is 11.8 Å². The van der Waals surface area contributed by atoms with E-state index in [0.717, 1.165) is 12.8 Å². The van der Waals surface area contributed by atoms with Crippen LogP contribution in [0.2, 0.25) is 0 Å². The molecule has 0 spiro atoms. The van der Waals surface area contributed by atoms with Crippen LogP contribution in [0.4, 0.5) is 0 Å². The molecule has 5 atom stereocenters. The predicted octanol–water partition coefficient (Wildman–Crippen LogP) is 2.97. The van der Waals surface area contributed by atoms with Crippen LogP contribution in [0.1, 0.15) is 47.0 Å². The van der Waals surface area contributed by atoms with Gasteiger partial charge in [-0.2, -0.15) is 0 Å². The first kappa shape index (κ1) is 17.6. The Morgan fingerprint density at radius 2 is 1.95 bits per heavy atom. The second-order valence-corrected chi connectivity index (χ2v) is 7.74. The van der Waals surface area contributed by atoms with E-state index in [-0.39, 0.29) is 12.1 Å². The number of carbonyl (C=O) groups is 2. The highest BCUT2D eigenvalue weighted by molar-refractivity contribution is 8.00. The molecule has 0 N–H and O–H groups in total. The second-order valence-electron chi connectivity index (χ2n) is 6.64. The lowest BCUT2D eigenvalue weighted by atomic mass is 9.75. The molecule has 0 amide bonds. The molecule has 6 heteroatoms. The van der Waals surface area contributed by atoms with Gasteiger partial charge in [-0.3, -0.25) is 4.79 Å². The zero-order valence-corrected chi connectivity index (χ0v) is 14.6. The van der Waals surface area contributed by atoms with Gasteiger partial charge in [-0.05, 0) is 30.6 Å². The van der Waals surface area contributed by atoms with Gasteiger partial charge in [0.1, 0.15) is 6.10 Å². The third kappa shape index (κ3) is 4.62. The summed E-state index contributed by atoms with van der Waals surface area (Å²) in [6, 6.07) is 0. The Morgan fingerprint density at radius 3 is 2.59 bits per heavy atom. The summed E-state index contributed by atoms with van der Waals surface area (Å²) in [5.74, 6) is 1.21. The van der Waals surface area contributed by atoms with Crippen LogP contribution in [-0.4, -0.2) is 35.5 Å². The van der Waals surface area contributed by atoms with E-state index in [0.29, 0.717) is 23.5 Å². The van der Waals surface area contributed by atoms with Crippen molar-refractivity contribution >= 4 is 23.7 Å². The van der Waals surface area contributed by atoms with Gasteiger partial charge in [-0.1, -0.05) is 27.2 Å². The smallest absolute Gasteiger partial charge is 0.346 e. The van der Waals surface area contributed by atoms with Gasteiger partial charge in [0.2, 0.25) is 11.7 Å². The lowest BCUT2D eigenvalue weighted by Crippen LogP contribution is -2.38. The molecule has 126 valence electrons. The van der Waals surface area contributed by atoms with E-state index in [9.17, 15) is 9.59 Å². The third-order valence-electron chi connectivity index (χ3n) is 4.38. The lowest BCUT2D eigenvalue weighted by molar-refractivity contribution is -0.185. The Balaban J connectivity index is 1.88. The standard InChI is InChI=1S/C16H26O5S/c1-9(2)12-6-5-10(3)7-13(12)20-15(18)16-21-14(8-22-16)19-11(4)17/h9-10,12-14,16H,5-8H2,1-4H3/t10-,12-,13-,14+,16-/m1/s1. The Labute approximate surface area is 136 Å². The van der Waals surface area contributed by atoms with Gasteiger partial charge in [0.15, 0.2) is 0 Å². The molecule has 0 radical (unpaired) electrons. The minimum absolute atomic E-state index is 0.0341. The molecule has 1 saturated heterocycles. The molecule has 22 heavy (non-hydrogen) atoms. The molecule has 0 aromatic heterocycles. The van der Waals surface area contributed by atoms with Gasteiger partial charge in [0.05, 0.1) is 5.75 Å². The summed E-state index contributed by atoms with van der Waals surface area (Å²) in [6.45, 7) is 7.89. The van der Waals surface area contributed by atoms with Crippen LogP contribution in [0.25, 0.3) is 0 Å². The van der Waals surface area contributed by atoms with E-state index in [2.05, 4.69) is 20.8 Å². The average Bonchev–Trinajstić information content (AvgIpc) is 2.86. The number of thioether (sulfide) groups is 1. The Bertz CT molecular complexity index is 411. The first-order valence-corrected chi connectivity index (χ1v) is 9.06. The van der Waals surface area contributed by atoms with E-state index in [1.54, 1.807) is 0 Å². The number of ether oxygens (including phenoxy) is 3. The highest BCUT2D eigenvalue weighted by atomic mass is 32.2. The van der Waals surface area contributed by atoms with Gasteiger partial charge in [-0.25, -0.2) is 4.79 Å². The van der Waals surface area contributed by atoms with E-state index in [1.807, 2.05) is 0 Å². The van der Waals surface area contributed by atoms with Crippen molar-refractivity contribution in [1.82, 2.24) is 0 Å². The van der Waals surface area contributed by atoms with Crippen molar-refractivity contribution < 1.29 is 23.8 Å². The number of hydrogen-bond acceptors (Lipinski definition) is 6. The molecule has 1 heterocycles. The molecule has 0 unspecified atom stereocenters. The van der Waals surface area contributed by atoms with Crippen molar-refractivity contribution in [2.75, 3.05) is 5.75 Å². The van der Waals surface area contributed by atoms with Crippen molar-refractivity contribution in [3.63, 3.8) is 0 Å². The number of carbonyl (C=O) groups excluding carboxylic acids is 2. The van der Waals surface area contributed by atoms with Crippen molar-refractivity contribution in [2.24, 2.45) is 17.8 Å². The maximum Gasteiger partial charge on any atom is 0.346 e. The number of hydrogen-bond donors (Lipinski definition) is 0. The van der Waals surface area contributed by atoms with E-state index >= 15 is 0 Å². The van der Waals surface area contributed by atoms with Crippen LogP contribution in [0.3, 0.4) is 0 Å². The van der Waals surface area contributed by atoms with Gasteiger partial charge in [0, 0.05) is 6.92 Å². The second kappa shape index (κ2) is 7.68. The SMILES string of the molecule is CC(=O)O[C@@H]1CS[C@H](C(=O)O[C@@H]2C[C@H](C)CC[C@@H]2C(C)C)O1. The summed E-state index contributed by atoms with van der Waals surface area (Å²) in [7, 11) is 0. The summed E-state index contributed by atoms with van der Waals surface area (Å²) in [5.41, 5.74) is -0.686. The molecule has 2 aliphatic rings. The van der Waals surface area contributed by atoms with Gasteiger partial charge in [0.25, 0.3) is 0 Å². The van der Waals surface area contributed by atoms with Crippen LogP contribution in [0.5, 0.6) is 0 Å². The molecule has 5 nitrogen and oxygen atoms in total. The molecule has 0 bridgehead atoms. The zero-order chi connectivity index (χ0) is 16.3. The van der Waals surface area contributed by atoms with Crippen LogP contribution in [-0.2, 0) is 23.8 Å². The third-order valence-corrected chi connectivity index (χ3v) is 5.45. The molecule has 2 fully saturated rings. The summed E-state index contributed by atoms with van der Waals surface area (Å²) >= 11 is 1.33. The van der Waals surface area contributed by atoms with E-state index < -0.39 is 17.7 Å². The normalized spacial score (nSPS) is 35.4. The van der Waals surface area contributed by atoms with Crippen LogP contribution >= 0.6 is 11.8 Å². The summed E-state index contributed by atoms with van der Waals surface area (Å²) in [4.78, 5) is 23.2. The quantitative estimate of drug-likeness (QED) is 0.739. The van der Waals surface area contributed by atoms with Gasteiger partial charge >= 0.3 is 11.9 Å². The first-order valence-electron chi connectivity index (χ1n) is 8.01. The molecule has 1 saturated carbocycles. The fourth-order valence-corrected chi connectivity index (χ4v) is 4.08. The number of esters is 2. The highest BCUT2D eigenvalue weighted by Gasteiger charge is 2.39. The highest BCUT2D eigenvalue weighted by Crippen LogP contribution is 2.36. The fraction of sp³-hybridized carbons (Fsp3) is 0.875. The van der Waals surface area contributed by atoms with Crippen LogP contribution < -0.4 is 0 Å². The van der Waals surface area contributed by atoms with Crippen LogP contribution in [0, 0.1) is 17.8 Å². The van der Waals surface area contributed by atoms with Crippen molar-refractivity contribution in [3.05, 3.63) is 0 Å². The lowest BCUT2D eigenvalue weighted by Gasteiger charge is -2.37. The average molecular weight is 330 g/mol. The van der Waals surface area contributed by atoms with Gasteiger partial charge < -0.3 is 14.2 Å². The van der Waals surface area contributed by atoms with Crippen molar-refractivity contribution in [3.8, 4) is 0 Å². The molecular weight excluding hydrogens is 304 g/mol. The summed E-state index contributed by atoms with van der Waals surface area (Å²) in [6.07, 6.45) is 2.53. The molecule has 2 rings (SSSR count). The molecule has 0 aromatic carbocycles. The van der Waals surface area contributed by atoms with Crippen molar-refractivity contribution in [1.29, 1.82) is 0 Å². The molecule has 1 aliphatic heterocycles. The monoisotopic (exact) mass is 330 g/mol. The van der Waals surface area contributed by atoms with E-state index in [4.69, 9.17) is 14.2 Å². The minimum Gasteiger partial charge on any atom is -0.459 e. The van der Waals surface area contributed by atoms with Crippen molar-refractivity contribution in [2.45, 2.75) is 64.8 Å². The Kier molecular flexibility index (Phi) is 6.15. The fourth-order valence-electron chi connectivity index (χ4n) is 3.21. The topological polar surface area (TPSA) is 61.8 Å². The van der Waals surface area contributed by atoms with E-state index in [1.165, 1.54) is 25.1 Å². The summed E-state index contributed by atoms with van der Waals surface area (Å²) < 4.78 is 16.2. The Morgan fingerprint density at radius 1 is 1.23 bits per heavy atom. The number of rotatable bonds is 4. The predicted molar refractivity (Wildman–Crippen MR) is 84.1 cm³/mol. The van der Waals surface area contributed by atoms with Crippen LogP contribution in [0.15, 0.2) is 0 Å². The Hall–Kier alpha value is -0.750.